The minimum absolute atomic E-state index is 0.142. The molecule has 6 nitrogen and oxygen atoms in total. The third-order valence-electron chi connectivity index (χ3n) is 4.41. The molecule has 2 aromatic rings. The second kappa shape index (κ2) is 7.82. The Hall–Kier alpha value is -1.83. The summed E-state index contributed by atoms with van der Waals surface area (Å²) in [5.41, 5.74) is 0. The van der Waals surface area contributed by atoms with Gasteiger partial charge in [-0.2, -0.15) is 4.31 Å². The molecule has 1 aliphatic heterocycles. The summed E-state index contributed by atoms with van der Waals surface area (Å²) in [6.07, 6.45) is 2.04. The van der Waals surface area contributed by atoms with Crippen molar-refractivity contribution >= 4 is 27.5 Å². The summed E-state index contributed by atoms with van der Waals surface area (Å²) in [5, 5.41) is 3.25. The lowest BCUT2D eigenvalue weighted by molar-refractivity contribution is -0.125. The van der Waals surface area contributed by atoms with E-state index in [1.807, 2.05) is 13.0 Å². The van der Waals surface area contributed by atoms with Crippen LogP contribution in [0.1, 0.15) is 30.8 Å². The topological polar surface area (TPSA) is 79.6 Å². The van der Waals surface area contributed by atoms with Crippen LogP contribution in [0.25, 0.3) is 0 Å². The number of piperidine rings is 1. The zero-order valence-electron chi connectivity index (χ0n) is 14.4. The minimum atomic E-state index is -3.76. The molecule has 26 heavy (non-hydrogen) atoms. The van der Waals surface area contributed by atoms with Crippen LogP contribution < -0.4 is 5.32 Å². The van der Waals surface area contributed by atoms with Gasteiger partial charge in [0.05, 0.1) is 11.4 Å². The number of carbonyl (C=O) groups excluding carboxylic acids is 1. The molecule has 0 bridgehead atoms. The second-order valence-corrected chi connectivity index (χ2v) is 8.64. The number of sulfonamides is 1. The van der Waals surface area contributed by atoms with E-state index in [4.69, 9.17) is 16.0 Å². The summed E-state index contributed by atoms with van der Waals surface area (Å²) < 4.78 is 32.7. The van der Waals surface area contributed by atoms with E-state index >= 15 is 0 Å². The van der Waals surface area contributed by atoms with Gasteiger partial charge in [0, 0.05) is 11.6 Å². The van der Waals surface area contributed by atoms with E-state index in [2.05, 4.69) is 5.32 Å². The Balaban J connectivity index is 1.76. The molecule has 0 spiro atoms. The lowest BCUT2D eigenvalue weighted by atomic mass is 10.0. The van der Waals surface area contributed by atoms with Crippen molar-refractivity contribution in [2.45, 2.75) is 43.7 Å². The molecule has 1 fully saturated rings. The van der Waals surface area contributed by atoms with Crippen LogP contribution in [0.2, 0.25) is 5.02 Å². The predicted molar refractivity (Wildman–Crippen MR) is 98.3 cm³/mol. The van der Waals surface area contributed by atoms with Gasteiger partial charge in [0.1, 0.15) is 17.6 Å². The van der Waals surface area contributed by atoms with Crippen molar-refractivity contribution in [2.24, 2.45) is 0 Å². The van der Waals surface area contributed by atoms with Crippen LogP contribution in [-0.2, 0) is 21.4 Å². The van der Waals surface area contributed by atoms with E-state index in [-0.39, 0.29) is 17.3 Å². The molecule has 3 rings (SSSR count). The van der Waals surface area contributed by atoms with Crippen molar-refractivity contribution in [3.63, 3.8) is 0 Å². The van der Waals surface area contributed by atoms with Gasteiger partial charge in [-0.25, -0.2) is 8.42 Å². The number of nitrogens with zero attached hydrogens (tertiary/aromatic N) is 1. The number of hydrogen-bond donors (Lipinski definition) is 1. The fourth-order valence-electron chi connectivity index (χ4n) is 3.07. The first-order valence-electron chi connectivity index (χ1n) is 8.48. The van der Waals surface area contributed by atoms with Gasteiger partial charge in [0.15, 0.2) is 0 Å². The Bertz CT molecular complexity index is 877. The first kappa shape index (κ1) is 18.9. The number of amides is 1. The van der Waals surface area contributed by atoms with Gasteiger partial charge in [-0.05, 0) is 56.2 Å². The summed E-state index contributed by atoms with van der Waals surface area (Å²) in [6, 6.07) is 8.89. The van der Waals surface area contributed by atoms with E-state index in [0.717, 1.165) is 18.6 Å². The highest BCUT2D eigenvalue weighted by Gasteiger charge is 2.37. The minimum Gasteiger partial charge on any atom is -0.465 e. The first-order valence-corrected chi connectivity index (χ1v) is 10.3. The molecular formula is C18H21ClN2O4S. The fraction of sp³-hybridized carbons (Fsp3) is 0.389. The summed E-state index contributed by atoms with van der Waals surface area (Å²) in [6.45, 7) is 2.38. The Labute approximate surface area is 158 Å². The molecule has 1 unspecified atom stereocenters. The summed E-state index contributed by atoms with van der Waals surface area (Å²) in [4.78, 5) is 12.8. The van der Waals surface area contributed by atoms with Gasteiger partial charge >= 0.3 is 0 Å². The number of aryl methyl sites for hydroxylation is 1. The Morgan fingerprint density at radius 2 is 1.96 bits per heavy atom. The van der Waals surface area contributed by atoms with Crippen molar-refractivity contribution in [3.05, 3.63) is 52.9 Å². The highest BCUT2D eigenvalue weighted by Crippen LogP contribution is 2.26. The predicted octanol–water partition coefficient (Wildman–Crippen LogP) is 3.10. The zero-order chi connectivity index (χ0) is 18.7. The van der Waals surface area contributed by atoms with Crippen LogP contribution in [-0.4, -0.2) is 31.2 Å². The molecule has 1 aromatic carbocycles. The highest BCUT2D eigenvalue weighted by molar-refractivity contribution is 7.89. The van der Waals surface area contributed by atoms with E-state index in [9.17, 15) is 13.2 Å². The number of furan rings is 1. The molecule has 1 aliphatic rings. The summed E-state index contributed by atoms with van der Waals surface area (Å²) in [7, 11) is -3.76. The van der Waals surface area contributed by atoms with Crippen LogP contribution >= 0.6 is 11.6 Å². The molecule has 8 heteroatoms. The fourth-order valence-corrected chi connectivity index (χ4v) is 4.85. The van der Waals surface area contributed by atoms with Crippen LogP contribution in [0.15, 0.2) is 45.7 Å². The van der Waals surface area contributed by atoms with E-state index in [1.165, 1.54) is 28.6 Å². The quantitative estimate of drug-likeness (QED) is 0.842. The third kappa shape index (κ3) is 4.11. The molecule has 1 aromatic heterocycles. The van der Waals surface area contributed by atoms with Gasteiger partial charge in [-0.3, -0.25) is 4.79 Å². The first-order chi connectivity index (χ1) is 12.4. The lowest BCUT2D eigenvalue weighted by Gasteiger charge is -2.33. The molecule has 1 saturated heterocycles. The zero-order valence-corrected chi connectivity index (χ0v) is 16.0. The van der Waals surface area contributed by atoms with Gasteiger partial charge < -0.3 is 9.73 Å². The largest absolute Gasteiger partial charge is 0.465 e. The molecular weight excluding hydrogens is 376 g/mol. The Morgan fingerprint density at radius 1 is 1.23 bits per heavy atom. The highest BCUT2D eigenvalue weighted by atomic mass is 35.5. The SMILES string of the molecule is Cc1ccc(CNC(=O)C2CCCCN2S(=O)(=O)c2ccc(Cl)cc2)o1. The maximum atomic E-state index is 13.0. The van der Waals surface area contributed by atoms with Gasteiger partial charge in [0.25, 0.3) is 0 Å². The molecule has 0 saturated carbocycles. The Morgan fingerprint density at radius 3 is 2.62 bits per heavy atom. The van der Waals surface area contributed by atoms with Crippen LogP contribution in [0, 0.1) is 6.92 Å². The summed E-state index contributed by atoms with van der Waals surface area (Å²) >= 11 is 5.85. The maximum Gasteiger partial charge on any atom is 0.243 e. The number of rotatable bonds is 5. The van der Waals surface area contributed by atoms with Gasteiger partial charge in [0.2, 0.25) is 15.9 Å². The molecule has 2 heterocycles. The van der Waals surface area contributed by atoms with E-state index in [0.29, 0.717) is 23.7 Å². The smallest absolute Gasteiger partial charge is 0.243 e. The van der Waals surface area contributed by atoms with Crippen LogP contribution in [0.5, 0.6) is 0 Å². The standard InChI is InChI=1S/C18H21ClN2O4S/c1-13-5-8-15(25-13)12-20-18(22)17-4-2-3-11-21(17)26(23,24)16-9-6-14(19)7-10-16/h5-10,17H,2-4,11-12H2,1H3,(H,20,22). The molecule has 0 radical (unpaired) electrons. The monoisotopic (exact) mass is 396 g/mol. The van der Waals surface area contributed by atoms with E-state index in [1.54, 1.807) is 6.07 Å². The van der Waals surface area contributed by atoms with Crippen molar-refractivity contribution < 1.29 is 17.6 Å². The van der Waals surface area contributed by atoms with Gasteiger partial charge in [-0.1, -0.05) is 18.0 Å². The number of hydrogen-bond acceptors (Lipinski definition) is 4. The Kier molecular flexibility index (Phi) is 5.70. The van der Waals surface area contributed by atoms with Crippen molar-refractivity contribution in [1.82, 2.24) is 9.62 Å². The summed E-state index contributed by atoms with van der Waals surface area (Å²) in [5.74, 6) is 1.09. The van der Waals surface area contributed by atoms with Crippen molar-refractivity contribution in [1.29, 1.82) is 0 Å². The maximum absolute atomic E-state index is 13.0. The van der Waals surface area contributed by atoms with Crippen molar-refractivity contribution in [2.75, 3.05) is 6.54 Å². The molecule has 1 atom stereocenters. The van der Waals surface area contributed by atoms with Crippen LogP contribution in [0.3, 0.4) is 0 Å². The second-order valence-electron chi connectivity index (χ2n) is 6.31. The normalized spacial score (nSPS) is 18.6. The van der Waals surface area contributed by atoms with Crippen LogP contribution in [0.4, 0.5) is 0 Å². The van der Waals surface area contributed by atoms with Gasteiger partial charge in [-0.15, -0.1) is 0 Å². The number of carbonyl (C=O) groups is 1. The van der Waals surface area contributed by atoms with Crippen molar-refractivity contribution in [3.8, 4) is 0 Å². The molecule has 1 N–H and O–H groups in total. The van der Waals surface area contributed by atoms with E-state index < -0.39 is 16.1 Å². The number of halogens is 1. The number of nitrogens with one attached hydrogen (secondary N) is 1. The number of benzene rings is 1. The lowest BCUT2D eigenvalue weighted by Crippen LogP contribution is -2.51. The third-order valence-corrected chi connectivity index (χ3v) is 6.58. The molecule has 140 valence electrons. The molecule has 0 aliphatic carbocycles. The average molecular weight is 397 g/mol. The molecule has 1 amide bonds. The average Bonchev–Trinajstić information content (AvgIpc) is 3.05.